The number of benzene rings is 2. The van der Waals surface area contributed by atoms with E-state index in [0.29, 0.717) is 23.8 Å². The summed E-state index contributed by atoms with van der Waals surface area (Å²) < 4.78 is 11.2. The minimum Gasteiger partial charge on any atom is -0.493 e. The van der Waals surface area contributed by atoms with Gasteiger partial charge >= 0.3 is 0 Å². The van der Waals surface area contributed by atoms with Gasteiger partial charge in [0, 0.05) is 11.8 Å². The normalized spacial score (nSPS) is 10.8. The minimum absolute atomic E-state index is 0.0180. The molecule has 3 aromatic rings. The molecule has 0 saturated carbocycles. The summed E-state index contributed by atoms with van der Waals surface area (Å²) in [6.07, 6.45) is 1.52. The number of nitrogens with one attached hydrogen (secondary N) is 3. The molecule has 3 rings (SSSR count). The molecule has 1 heterocycles. The second-order valence-electron chi connectivity index (χ2n) is 5.94. The van der Waals surface area contributed by atoms with E-state index in [1.807, 2.05) is 30.3 Å². The molecule has 3 N–H and O–H groups in total. The van der Waals surface area contributed by atoms with E-state index < -0.39 is 0 Å². The average molecular weight is 380 g/mol. The van der Waals surface area contributed by atoms with Gasteiger partial charge in [-0.15, -0.1) is 0 Å². The van der Waals surface area contributed by atoms with Crippen molar-refractivity contribution in [1.29, 1.82) is 0 Å². The van der Waals surface area contributed by atoms with Crippen LogP contribution in [0.5, 0.6) is 11.5 Å². The first-order chi connectivity index (χ1) is 13.6. The summed E-state index contributed by atoms with van der Waals surface area (Å²) in [6.45, 7) is 0.406. The maximum absolute atomic E-state index is 11.8. The van der Waals surface area contributed by atoms with Gasteiger partial charge in [0.2, 0.25) is 5.91 Å². The Morgan fingerprint density at radius 2 is 1.93 bits per heavy atom. The molecule has 28 heavy (non-hydrogen) atoms. The standard InChI is InChI=1S/C20H20N4O4/c1-27-17-8-7-15(9-18(17)28-13-14-5-3-2-4-6-14)12-21-23-19(25)10-16-11-20(26)24-22-16/h2-9,11-12H,10,13H2,1H3,(H,23,25)(H2,22,24,26). The van der Waals surface area contributed by atoms with E-state index in [-0.39, 0.29) is 17.9 Å². The van der Waals surface area contributed by atoms with Crippen molar-refractivity contribution in [3.63, 3.8) is 0 Å². The summed E-state index contributed by atoms with van der Waals surface area (Å²) in [6, 6.07) is 16.5. The highest BCUT2D eigenvalue weighted by molar-refractivity contribution is 5.83. The topological polar surface area (TPSA) is 109 Å². The Morgan fingerprint density at radius 3 is 2.64 bits per heavy atom. The van der Waals surface area contributed by atoms with Crippen molar-refractivity contribution in [3.8, 4) is 11.5 Å². The van der Waals surface area contributed by atoms with Gasteiger partial charge in [-0.25, -0.2) is 5.43 Å². The van der Waals surface area contributed by atoms with Crippen LogP contribution in [0.4, 0.5) is 0 Å². The van der Waals surface area contributed by atoms with Crippen LogP contribution in [0.25, 0.3) is 0 Å². The van der Waals surface area contributed by atoms with Gasteiger partial charge in [-0.2, -0.15) is 5.10 Å². The van der Waals surface area contributed by atoms with Crippen molar-refractivity contribution >= 4 is 12.1 Å². The molecule has 1 aromatic heterocycles. The van der Waals surface area contributed by atoms with Gasteiger partial charge in [0.1, 0.15) is 6.61 Å². The molecular weight excluding hydrogens is 360 g/mol. The number of methoxy groups -OCH3 is 1. The van der Waals surface area contributed by atoms with Gasteiger partial charge in [-0.3, -0.25) is 14.7 Å². The van der Waals surface area contributed by atoms with Crippen molar-refractivity contribution in [3.05, 3.63) is 81.8 Å². The highest BCUT2D eigenvalue weighted by Gasteiger charge is 2.07. The van der Waals surface area contributed by atoms with Crippen molar-refractivity contribution in [2.75, 3.05) is 7.11 Å². The molecule has 0 radical (unpaired) electrons. The van der Waals surface area contributed by atoms with E-state index in [0.717, 1.165) is 11.1 Å². The number of hydrogen-bond donors (Lipinski definition) is 3. The molecule has 8 nitrogen and oxygen atoms in total. The van der Waals surface area contributed by atoms with Crippen LogP contribution >= 0.6 is 0 Å². The highest BCUT2D eigenvalue weighted by Crippen LogP contribution is 2.28. The van der Waals surface area contributed by atoms with Crippen LogP contribution in [-0.4, -0.2) is 29.4 Å². The van der Waals surface area contributed by atoms with Crippen LogP contribution in [0.2, 0.25) is 0 Å². The third kappa shape index (κ3) is 5.34. The zero-order chi connectivity index (χ0) is 19.8. The summed E-state index contributed by atoms with van der Waals surface area (Å²) in [7, 11) is 1.57. The van der Waals surface area contributed by atoms with Gasteiger partial charge in [-0.05, 0) is 29.3 Å². The largest absolute Gasteiger partial charge is 0.493 e. The Morgan fingerprint density at radius 1 is 1.11 bits per heavy atom. The maximum atomic E-state index is 11.8. The number of H-pyrrole nitrogens is 2. The predicted molar refractivity (Wildman–Crippen MR) is 105 cm³/mol. The number of hydrazone groups is 1. The average Bonchev–Trinajstić information content (AvgIpc) is 3.11. The van der Waals surface area contributed by atoms with Crippen LogP contribution in [0.1, 0.15) is 16.8 Å². The molecule has 0 aliphatic carbocycles. The molecule has 1 amide bonds. The van der Waals surface area contributed by atoms with E-state index >= 15 is 0 Å². The van der Waals surface area contributed by atoms with Gasteiger partial charge in [-0.1, -0.05) is 30.3 Å². The number of aromatic amines is 2. The number of rotatable bonds is 8. The molecule has 0 aliphatic rings. The SMILES string of the molecule is COc1ccc(C=NNC(=O)Cc2cc(=O)[nH][nH]2)cc1OCc1ccccc1. The van der Waals surface area contributed by atoms with E-state index in [2.05, 4.69) is 20.7 Å². The number of carbonyl (C=O) groups is 1. The van der Waals surface area contributed by atoms with Crippen molar-refractivity contribution in [1.82, 2.24) is 15.6 Å². The Kier molecular flexibility index (Phi) is 6.25. The predicted octanol–water partition coefficient (Wildman–Crippen LogP) is 1.98. The first-order valence-electron chi connectivity index (χ1n) is 8.57. The van der Waals surface area contributed by atoms with Gasteiger partial charge < -0.3 is 14.6 Å². The molecule has 0 atom stereocenters. The molecular formula is C20H20N4O4. The van der Waals surface area contributed by atoms with Crippen LogP contribution in [-0.2, 0) is 17.8 Å². The van der Waals surface area contributed by atoms with E-state index in [4.69, 9.17) is 9.47 Å². The highest BCUT2D eigenvalue weighted by atomic mass is 16.5. The zero-order valence-corrected chi connectivity index (χ0v) is 15.3. The third-order valence-corrected chi connectivity index (χ3v) is 3.83. The second-order valence-corrected chi connectivity index (χ2v) is 5.94. The Hall–Kier alpha value is -3.81. The second kappa shape index (κ2) is 9.22. The lowest BCUT2D eigenvalue weighted by molar-refractivity contribution is -0.120. The van der Waals surface area contributed by atoms with Gasteiger partial charge in [0.15, 0.2) is 11.5 Å². The number of amides is 1. The van der Waals surface area contributed by atoms with Crippen molar-refractivity contribution in [2.45, 2.75) is 13.0 Å². The lowest BCUT2D eigenvalue weighted by Gasteiger charge is -2.11. The lowest BCUT2D eigenvalue weighted by Crippen LogP contribution is -2.20. The first kappa shape index (κ1) is 19.0. The van der Waals surface area contributed by atoms with Crippen molar-refractivity contribution < 1.29 is 14.3 Å². The fraction of sp³-hybridized carbons (Fsp3) is 0.150. The van der Waals surface area contributed by atoms with Gasteiger partial charge in [0.25, 0.3) is 5.56 Å². The van der Waals surface area contributed by atoms with Crippen LogP contribution in [0.3, 0.4) is 0 Å². The lowest BCUT2D eigenvalue weighted by atomic mass is 10.2. The number of carbonyl (C=O) groups excluding carboxylic acids is 1. The number of hydrogen-bond acceptors (Lipinski definition) is 5. The van der Waals surface area contributed by atoms with Crippen LogP contribution in [0, 0.1) is 0 Å². The van der Waals surface area contributed by atoms with E-state index in [1.165, 1.54) is 12.3 Å². The fourth-order valence-corrected chi connectivity index (χ4v) is 2.48. The Balaban J connectivity index is 1.60. The molecule has 0 aliphatic heterocycles. The summed E-state index contributed by atoms with van der Waals surface area (Å²) in [5.41, 5.74) is 4.39. The molecule has 0 bridgehead atoms. The summed E-state index contributed by atoms with van der Waals surface area (Å²) in [5.74, 6) is 0.834. The van der Waals surface area contributed by atoms with Crippen molar-refractivity contribution in [2.24, 2.45) is 5.10 Å². The summed E-state index contributed by atoms with van der Waals surface area (Å²) >= 11 is 0. The number of ether oxygens (including phenoxy) is 2. The molecule has 2 aromatic carbocycles. The van der Waals surface area contributed by atoms with E-state index in [9.17, 15) is 9.59 Å². The van der Waals surface area contributed by atoms with E-state index in [1.54, 1.807) is 25.3 Å². The third-order valence-electron chi connectivity index (χ3n) is 3.83. The smallest absolute Gasteiger partial charge is 0.264 e. The first-order valence-corrected chi connectivity index (χ1v) is 8.57. The Labute approximate surface area is 161 Å². The molecule has 8 heteroatoms. The number of nitrogens with zero attached hydrogens (tertiary/aromatic N) is 1. The monoisotopic (exact) mass is 380 g/mol. The Bertz CT molecular complexity index is 1010. The molecule has 0 spiro atoms. The molecule has 0 unspecified atom stereocenters. The summed E-state index contributed by atoms with van der Waals surface area (Å²) in [4.78, 5) is 22.9. The quantitative estimate of drug-likeness (QED) is 0.410. The van der Waals surface area contributed by atoms with Crippen LogP contribution < -0.4 is 20.5 Å². The van der Waals surface area contributed by atoms with Gasteiger partial charge in [0.05, 0.1) is 19.7 Å². The molecule has 0 fully saturated rings. The molecule has 0 saturated heterocycles. The number of aromatic nitrogens is 2. The van der Waals surface area contributed by atoms with Crippen LogP contribution in [0.15, 0.2) is 64.5 Å². The summed E-state index contributed by atoms with van der Waals surface area (Å²) in [5, 5.41) is 8.92. The maximum Gasteiger partial charge on any atom is 0.264 e. The fourth-order valence-electron chi connectivity index (χ4n) is 2.48. The zero-order valence-electron chi connectivity index (χ0n) is 15.3. The minimum atomic E-state index is -0.347. The molecule has 144 valence electrons.